The molecule has 2 rings (SSSR count). The molecule has 0 saturated heterocycles. The number of amides is 1. The summed E-state index contributed by atoms with van der Waals surface area (Å²) in [5.41, 5.74) is 0.894. The topological polar surface area (TPSA) is 42.0 Å². The van der Waals surface area contributed by atoms with Gasteiger partial charge in [0.25, 0.3) is 5.24 Å². The van der Waals surface area contributed by atoms with Crippen LogP contribution < -0.4 is 5.32 Å². The molecule has 3 nitrogen and oxygen atoms in total. The summed E-state index contributed by atoms with van der Waals surface area (Å²) in [7, 11) is 0. The van der Waals surface area contributed by atoms with Crippen molar-refractivity contribution in [3.8, 4) is 0 Å². The van der Waals surface area contributed by atoms with Gasteiger partial charge in [-0.15, -0.1) is 6.07 Å². The summed E-state index contributed by atoms with van der Waals surface area (Å²) >= 11 is 2.59. The van der Waals surface area contributed by atoms with Gasteiger partial charge in [0.1, 0.15) is 0 Å². The van der Waals surface area contributed by atoms with Crippen LogP contribution in [-0.2, 0) is 21.1 Å². The Bertz CT molecular complexity index is 439. The zero-order chi connectivity index (χ0) is 9.97. The molecule has 0 atom stereocenters. The normalized spacial score (nSPS) is 9.67. The first-order valence-electron chi connectivity index (χ1n) is 3.91. The number of nitrogens with zero attached hydrogens (tertiary/aromatic N) is 1. The number of benzene rings is 1. The van der Waals surface area contributed by atoms with E-state index < -0.39 is 0 Å². The van der Waals surface area contributed by atoms with Crippen LogP contribution in [0.1, 0.15) is 0 Å². The Kier molecular flexibility index (Phi) is 4.76. The van der Waals surface area contributed by atoms with E-state index in [0.717, 1.165) is 22.0 Å². The van der Waals surface area contributed by atoms with Gasteiger partial charge in [0.2, 0.25) is 0 Å². The number of hydrogen-bond acceptors (Lipinski definition) is 4. The first-order chi connectivity index (χ1) is 6.79. The quantitative estimate of drug-likeness (QED) is 0.740. The van der Waals surface area contributed by atoms with Crippen LogP contribution in [0.2, 0.25) is 0 Å². The van der Waals surface area contributed by atoms with E-state index in [4.69, 9.17) is 0 Å². The van der Waals surface area contributed by atoms with Gasteiger partial charge in [-0.3, -0.25) is 10.1 Å². The van der Waals surface area contributed by atoms with E-state index in [9.17, 15) is 4.79 Å². The summed E-state index contributed by atoms with van der Waals surface area (Å²) in [4.78, 5) is 15.3. The van der Waals surface area contributed by atoms with Crippen molar-refractivity contribution < 1.29 is 25.9 Å². The van der Waals surface area contributed by atoms with Crippen molar-refractivity contribution in [3.05, 3.63) is 24.3 Å². The maximum Gasteiger partial charge on any atom is 2.00 e. The number of hydrogen-bond donors (Lipinski definition) is 1. The molecule has 0 aliphatic heterocycles. The Morgan fingerprint density at radius 1 is 1.67 bits per heavy atom. The molecule has 0 saturated carbocycles. The van der Waals surface area contributed by atoms with Gasteiger partial charge in [0.05, 0.1) is 0 Å². The summed E-state index contributed by atoms with van der Waals surface area (Å²) < 4.78 is 1.03. The van der Waals surface area contributed by atoms with Gasteiger partial charge in [-0.2, -0.15) is 29.5 Å². The fourth-order valence-corrected chi connectivity index (χ4v) is 2.11. The number of rotatable bonds is 1. The zero-order valence-electron chi connectivity index (χ0n) is 7.81. The molecular weight excluding hydrogens is 400 g/mol. The van der Waals surface area contributed by atoms with Crippen LogP contribution in [0.4, 0.5) is 9.93 Å². The minimum atomic E-state index is -0.0898. The Labute approximate surface area is 110 Å². The average Bonchev–Trinajstić information content (AvgIpc) is 2.59. The van der Waals surface area contributed by atoms with Crippen molar-refractivity contribution in [3.63, 3.8) is 0 Å². The molecular formula is C9H7N2OS2W+. The molecule has 0 aliphatic rings. The molecule has 1 aromatic heterocycles. The van der Waals surface area contributed by atoms with Crippen molar-refractivity contribution in [1.82, 2.24) is 4.98 Å². The molecule has 0 spiro atoms. The van der Waals surface area contributed by atoms with Gasteiger partial charge >= 0.3 is 21.1 Å². The van der Waals surface area contributed by atoms with E-state index in [2.05, 4.69) is 16.4 Å². The predicted octanol–water partition coefficient (Wildman–Crippen LogP) is 2.99. The molecule has 1 heterocycles. The number of thioether (sulfide) groups is 1. The minimum Gasteiger partial charge on any atom is -0.294 e. The van der Waals surface area contributed by atoms with E-state index in [-0.39, 0.29) is 26.3 Å². The van der Waals surface area contributed by atoms with Crippen LogP contribution in [-0.4, -0.2) is 16.5 Å². The second-order valence-electron chi connectivity index (χ2n) is 2.53. The van der Waals surface area contributed by atoms with E-state index in [0.29, 0.717) is 5.13 Å². The second kappa shape index (κ2) is 5.63. The molecule has 0 bridgehead atoms. The predicted molar refractivity (Wildman–Crippen MR) is 61.0 cm³/mol. The van der Waals surface area contributed by atoms with Crippen LogP contribution in [0.25, 0.3) is 10.2 Å². The average molecular weight is 407 g/mol. The number of aromatic nitrogens is 1. The van der Waals surface area contributed by atoms with Crippen LogP contribution >= 0.6 is 23.1 Å². The van der Waals surface area contributed by atoms with Gasteiger partial charge in [0, 0.05) is 0 Å². The molecule has 2 aromatic rings. The van der Waals surface area contributed by atoms with Gasteiger partial charge in [-0.05, 0) is 11.8 Å². The fourth-order valence-electron chi connectivity index (χ4n) is 1.01. The number of carbonyl (C=O) groups is 1. The monoisotopic (exact) mass is 407 g/mol. The molecule has 0 aliphatic carbocycles. The number of thiazole rings is 1. The SMILES string of the molecule is CSC(=O)Nc1nc2cc[c-]cc2s1.[W+2]. The largest absolute Gasteiger partial charge is 2.00 e. The maximum absolute atomic E-state index is 11.1. The number of carbonyl (C=O) groups excluding carboxylic acids is 1. The summed E-state index contributed by atoms with van der Waals surface area (Å²) in [5, 5.41) is 3.25. The Balaban J connectivity index is 0.00000112. The van der Waals surface area contributed by atoms with E-state index in [1.165, 1.54) is 11.3 Å². The fraction of sp³-hybridized carbons (Fsp3) is 0.111. The van der Waals surface area contributed by atoms with E-state index in [1.54, 1.807) is 6.26 Å². The smallest absolute Gasteiger partial charge is 0.294 e. The van der Waals surface area contributed by atoms with Crippen LogP contribution in [0, 0.1) is 6.07 Å². The van der Waals surface area contributed by atoms with Gasteiger partial charge in [-0.25, -0.2) is 4.98 Å². The first kappa shape index (κ1) is 12.7. The molecule has 1 aromatic carbocycles. The van der Waals surface area contributed by atoms with Gasteiger partial charge < -0.3 is 0 Å². The Morgan fingerprint density at radius 3 is 3.13 bits per heavy atom. The summed E-state index contributed by atoms with van der Waals surface area (Å²) in [6, 6.07) is 8.51. The standard InChI is InChI=1S/C9H7N2OS2.W/c1-13-9(12)11-8-10-6-4-2-3-5-7(6)14-8;/h2,4-5H,1H3,(H,10,11,12);/q-1;+2. The van der Waals surface area contributed by atoms with E-state index >= 15 is 0 Å². The van der Waals surface area contributed by atoms with Crippen LogP contribution in [0.15, 0.2) is 18.2 Å². The summed E-state index contributed by atoms with van der Waals surface area (Å²) in [6.45, 7) is 0. The number of nitrogens with one attached hydrogen (secondary N) is 1. The molecule has 0 fully saturated rings. The first-order valence-corrected chi connectivity index (χ1v) is 5.95. The third-order valence-electron chi connectivity index (χ3n) is 1.63. The zero-order valence-corrected chi connectivity index (χ0v) is 12.4. The van der Waals surface area contributed by atoms with Crippen molar-refractivity contribution >= 4 is 43.7 Å². The molecule has 6 heteroatoms. The molecule has 0 unspecified atom stereocenters. The molecule has 15 heavy (non-hydrogen) atoms. The summed E-state index contributed by atoms with van der Waals surface area (Å²) in [6.07, 6.45) is 1.73. The van der Waals surface area contributed by atoms with Gasteiger partial charge in [0.15, 0.2) is 5.13 Å². The van der Waals surface area contributed by atoms with E-state index in [1.807, 2.05) is 18.2 Å². The molecule has 76 valence electrons. The number of fused-ring (bicyclic) bond motifs is 1. The third kappa shape index (κ3) is 3.03. The minimum absolute atomic E-state index is 0. The van der Waals surface area contributed by atoms with Crippen molar-refractivity contribution in [2.75, 3.05) is 11.6 Å². The van der Waals surface area contributed by atoms with Crippen LogP contribution in [0.3, 0.4) is 0 Å². The Hall–Kier alpha value is -0.382. The summed E-state index contributed by atoms with van der Waals surface area (Å²) in [5.74, 6) is 0. The van der Waals surface area contributed by atoms with Crippen molar-refractivity contribution in [1.29, 1.82) is 0 Å². The second-order valence-corrected chi connectivity index (χ2v) is 4.34. The molecule has 0 radical (unpaired) electrons. The van der Waals surface area contributed by atoms with Crippen molar-refractivity contribution in [2.24, 2.45) is 0 Å². The number of anilines is 1. The molecule has 1 amide bonds. The maximum atomic E-state index is 11.1. The van der Waals surface area contributed by atoms with Crippen molar-refractivity contribution in [2.45, 2.75) is 0 Å². The Morgan fingerprint density at radius 2 is 2.47 bits per heavy atom. The third-order valence-corrected chi connectivity index (χ3v) is 3.03. The molecule has 1 N–H and O–H groups in total. The van der Waals surface area contributed by atoms with Crippen LogP contribution in [0.5, 0.6) is 0 Å². The van der Waals surface area contributed by atoms with Gasteiger partial charge in [-0.1, -0.05) is 16.5 Å².